The van der Waals surface area contributed by atoms with Crippen LogP contribution in [0, 0.1) is 0 Å². The maximum absolute atomic E-state index is 12.8. The van der Waals surface area contributed by atoms with Gasteiger partial charge in [0, 0.05) is 12.1 Å². The smallest absolute Gasteiger partial charge is 0.229 e. The molecule has 3 aliphatic rings. The first kappa shape index (κ1) is 28.7. The number of ether oxygens (including phenoxy) is 5. The standard InChI is InChI=1S/C27H32O13/c1-11-20(31)22(33)24(35)26(36-11)40-25-23(34)21(32)18(10-28)39-27(25)37-13-7-14(29)19-15(30)9-16(38-17(19)8-13)12-5-3-2-4-6-12/h2-8,11,16,18,20-29,31-35H,9-10H2,1H3/t11-,16?,18-,20-,21-,22+,23+,24+,25-,26?,27?/m1/s1. The molecule has 40 heavy (non-hydrogen) atoms. The van der Waals surface area contributed by atoms with E-state index in [2.05, 4.69) is 0 Å². The molecule has 13 nitrogen and oxygen atoms in total. The van der Waals surface area contributed by atoms with E-state index in [0.29, 0.717) is 0 Å². The van der Waals surface area contributed by atoms with Crippen LogP contribution in [0.25, 0.3) is 0 Å². The Morgan fingerprint density at radius 3 is 2.33 bits per heavy atom. The summed E-state index contributed by atoms with van der Waals surface area (Å²) in [5, 5.41) is 72.1. The van der Waals surface area contributed by atoms with Crippen molar-refractivity contribution in [3.05, 3.63) is 53.6 Å². The van der Waals surface area contributed by atoms with E-state index >= 15 is 0 Å². The number of Topliss-reactive ketones (excluding diaryl/α,β-unsaturated/α-hetero) is 1. The van der Waals surface area contributed by atoms with E-state index in [1.165, 1.54) is 13.0 Å². The lowest BCUT2D eigenvalue weighted by Crippen LogP contribution is -2.64. The third-order valence-electron chi connectivity index (χ3n) is 7.32. The molecule has 2 aromatic rings. The van der Waals surface area contributed by atoms with Crippen LogP contribution in [0.15, 0.2) is 42.5 Å². The van der Waals surface area contributed by atoms with Gasteiger partial charge < -0.3 is 59.4 Å². The van der Waals surface area contributed by atoms with Crippen molar-refractivity contribution in [2.24, 2.45) is 0 Å². The molecule has 13 heteroatoms. The van der Waals surface area contributed by atoms with Crippen LogP contribution in [0.2, 0.25) is 0 Å². The zero-order chi connectivity index (χ0) is 28.7. The average molecular weight is 565 g/mol. The largest absolute Gasteiger partial charge is 0.507 e. The molecule has 5 rings (SSSR count). The van der Waals surface area contributed by atoms with Crippen LogP contribution in [-0.2, 0) is 14.2 Å². The van der Waals surface area contributed by atoms with Gasteiger partial charge in [0.25, 0.3) is 0 Å². The second-order valence-corrected chi connectivity index (χ2v) is 10.1. The number of ketones is 1. The Morgan fingerprint density at radius 1 is 0.900 bits per heavy atom. The highest BCUT2D eigenvalue weighted by Crippen LogP contribution is 2.42. The van der Waals surface area contributed by atoms with Crippen LogP contribution in [0.5, 0.6) is 17.2 Å². The molecule has 2 aromatic carbocycles. The second kappa shape index (κ2) is 11.6. The first-order chi connectivity index (χ1) is 19.1. The van der Waals surface area contributed by atoms with E-state index in [1.807, 2.05) is 6.07 Å². The molecule has 0 saturated carbocycles. The fraction of sp³-hybridized carbons (Fsp3) is 0.519. The highest BCUT2D eigenvalue weighted by molar-refractivity contribution is 6.02. The number of phenolic OH excluding ortho intramolecular Hbond substituents is 1. The monoisotopic (exact) mass is 564 g/mol. The molecule has 0 bridgehead atoms. The van der Waals surface area contributed by atoms with Crippen molar-refractivity contribution < 1.29 is 64.2 Å². The molecule has 3 aliphatic heterocycles. The Hall–Kier alpha value is -2.85. The zero-order valence-corrected chi connectivity index (χ0v) is 21.4. The topological polar surface area (TPSA) is 205 Å². The normalized spacial score (nSPS) is 37.9. The molecule has 0 aliphatic carbocycles. The predicted molar refractivity (Wildman–Crippen MR) is 132 cm³/mol. The number of carbonyl (C=O) groups excluding carboxylic acids is 1. The van der Waals surface area contributed by atoms with E-state index in [4.69, 9.17) is 23.7 Å². The summed E-state index contributed by atoms with van der Waals surface area (Å²) in [6.07, 6.45) is -15.6. The van der Waals surface area contributed by atoms with Gasteiger partial charge in [0.05, 0.1) is 19.1 Å². The molecule has 0 spiro atoms. The SMILES string of the molecule is C[C@H]1OC(O[C@H]2C(Oc3cc(O)c4c(c3)OC(c3ccccc3)CC4=O)O[C@H](CO)[C@@H](O)[C@@H]2O)[C@@H](O)[C@@H](O)[C@@H]1O. The van der Waals surface area contributed by atoms with Gasteiger partial charge in [-0.05, 0) is 12.5 Å². The Labute approximate surface area is 228 Å². The minimum absolute atomic E-state index is 0.0113. The van der Waals surface area contributed by atoms with E-state index in [1.54, 1.807) is 24.3 Å². The Morgan fingerprint density at radius 2 is 1.62 bits per heavy atom. The minimum atomic E-state index is -1.73. The summed E-state index contributed by atoms with van der Waals surface area (Å²) in [6.45, 7) is 0.746. The molecule has 7 N–H and O–H groups in total. The highest BCUT2D eigenvalue weighted by atomic mass is 16.8. The number of hydrogen-bond acceptors (Lipinski definition) is 13. The van der Waals surface area contributed by atoms with E-state index in [0.717, 1.165) is 11.6 Å². The van der Waals surface area contributed by atoms with Crippen LogP contribution in [-0.4, -0.2) is 110 Å². The van der Waals surface area contributed by atoms with Gasteiger partial charge in [0.1, 0.15) is 65.5 Å². The lowest BCUT2D eigenvalue weighted by Gasteiger charge is -2.45. The van der Waals surface area contributed by atoms with Crippen molar-refractivity contribution >= 4 is 5.78 Å². The van der Waals surface area contributed by atoms with Crippen molar-refractivity contribution in [3.63, 3.8) is 0 Å². The van der Waals surface area contributed by atoms with Gasteiger partial charge >= 0.3 is 0 Å². The van der Waals surface area contributed by atoms with Gasteiger partial charge in [0.2, 0.25) is 6.29 Å². The van der Waals surface area contributed by atoms with Crippen molar-refractivity contribution in [2.75, 3.05) is 6.61 Å². The van der Waals surface area contributed by atoms with Crippen LogP contribution in [0.3, 0.4) is 0 Å². The van der Waals surface area contributed by atoms with Gasteiger partial charge in [-0.3, -0.25) is 4.79 Å². The maximum atomic E-state index is 12.8. The first-order valence-corrected chi connectivity index (χ1v) is 12.8. The number of aliphatic hydroxyl groups excluding tert-OH is 6. The number of phenols is 1. The summed E-state index contributed by atoms with van der Waals surface area (Å²) in [4.78, 5) is 12.8. The van der Waals surface area contributed by atoms with Crippen LogP contribution in [0.1, 0.15) is 35.4 Å². The van der Waals surface area contributed by atoms with Crippen molar-refractivity contribution in [1.82, 2.24) is 0 Å². The molecule has 0 amide bonds. The van der Waals surface area contributed by atoms with Crippen LogP contribution < -0.4 is 9.47 Å². The number of carbonyl (C=O) groups is 1. The van der Waals surface area contributed by atoms with E-state index in [-0.39, 0.29) is 29.3 Å². The van der Waals surface area contributed by atoms with Gasteiger partial charge in [-0.1, -0.05) is 30.3 Å². The molecule has 3 unspecified atom stereocenters. The third-order valence-corrected chi connectivity index (χ3v) is 7.32. The van der Waals surface area contributed by atoms with E-state index in [9.17, 15) is 40.5 Å². The van der Waals surface area contributed by atoms with Crippen LogP contribution >= 0.6 is 0 Å². The van der Waals surface area contributed by atoms with Gasteiger partial charge in [-0.25, -0.2) is 0 Å². The quantitative estimate of drug-likeness (QED) is 0.228. The summed E-state index contributed by atoms with van der Waals surface area (Å²) < 4.78 is 28.7. The first-order valence-electron chi connectivity index (χ1n) is 12.8. The summed E-state index contributed by atoms with van der Waals surface area (Å²) in [6, 6.07) is 11.5. The molecule has 11 atom stereocenters. The molecular weight excluding hydrogens is 532 g/mol. The number of aliphatic hydroxyl groups is 6. The molecule has 2 saturated heterocycles. The molecule has 218 valence electrons. The molecule has 0 aromatic heterocycles. The fourth-order valence-corrected chi connectivity index (χ4v) is 5.05. The van der Waals surface area contributed by atoms with Crippen LogP contribution in [0.4, 0.5) is 0 Å². The molecular formula is C27H32O13. The second-order valence-electron chi connectivity index (χ2n) is 10.1. The van der Waals surface area contributed by atoms with Gasteiger partial charge in [0.15, 0.2) is 18.2 Å². The number of benzene rings is 2. The number of hydrogen-bond donors (Lipinski definition) is 7. The van der Waals surface area contributed by atoms with Crippen molar-refractivity contribution in [2.45, 2.75) is 80.9 Å². The van der Waals surface area contributed by atoms with Crippen molar-refractivity contribution in [3.8, 4) is 17.2 Å². The lowest BCUT2D eigenvalue weighted by molar-refractivity contribution is -0.354. The molecule has 0 radical (unpaired) electrons. The van der Waals surface area contributed by atoms with E-state index < -0.39 is 79.9 Å². The number of aromatic hydroxyl groups is 1. The summed E-state index contributed by atoms with van der Waals surface area (Å²) >= 11 is 0. The predicted octanol–water partition coefficient (Wildman–Crippen LogP) is -0.871. The molecule has 3 heterocycles. The minimum Gasteiger partial charge on any atom is -0.507 e. The Bertz CT molecular complexity index is 1190. The maximum Gasteiger partial charge on any atom is 0.229 e. The van der Waals surface area contributed by atoms with Crippen molar-refractivity contribution in [1.29, 1.82) is 0 Å². The Balaban J connectivity index is 1.41. The summed E-state index contributed by atoms with van der Waals surface area (Å²) in [5.74, 6) is -0.782. The number of fused-ring (bicyclic) bond motifs is 1. The molecule has 2 fully saturated rings. The summed E-state index contributed by atoms with van der Waals surface area (Å²) in [7, 11) is 0. The number of rotatable bonds is 6. The lowest BCUT2D eigenvalue weighted by atomic mass is 9.95. The third kappa shape index (κ3) is 5.40. The zero-order valence-electron chi connectivity index (χ0n) is 21.4. The highest BCUT2D eigenvalue weighted by Gasteiger charge is 2.51. The van der Waals surface area contributed by atoms with Gasteiger partial charge in [-0.15, -0.1) is 0 Å². The fourth-order valence-electron chi connectivity index (χ4n) is 5.05. The Kier molecular flexibility index (Phi) is 8.29. The average Bonchev–Trinajstić information content (AvgIpc) is 2.94. The summed E-state index contributed by atoms with van der Waals surface area (Å²) in [5.41, 5.74) is 0.729. The van der Waals surface area contributed by atoms with Gasteiger partial charge in [-0.2, -0.15) is 0 Å².